The van der Waals surface area contributed by atoms with E-state index in [1.54, 1.807) is 36.4 Å². The standard InChI is InChI=1S/C20H22FN3O5S/c1-13(25)23-10-17-11-24(20(26)29-17)16-7-8-18(19(21)9-16)15-5-3-14(4-6-15)12-30(27,28)22-2/h3-9,17,22H,10-12H2,1-2H3,(H,23,25)/t17-/m0/s1. The number of hydrogen-bond acceptors (Lipinski definition) is 5. The van der Waals surface area contributed by atoms with Crippen LogP contribution < -0.4 is 14.9 Å². The number of carbonyl (C=O) groups excluding carboxylic acids is 2. The first-order chi connectivity index (χ1) is 14.2. The summed E-state index contributed by atoms with van der Waals surface area (Å²) in [6, 6.07) is 11.0. The molecule has 0 bridgehead atoms. The first-order valence-corrected chi connectivity index (χ1v) is 10.9. The number of hydrogen-bond donors (Lipinski definition) is 2. The minimum atomic E-state index is -3.39. The molecule has 1 aliphatic heterocycles. The Labute approximate surface area is 174 Å². The molecular formula is C20H22FN3O5S. The van der Waals surface area contributed by atoms with Crippen LogP contribution in [-0.2, 0) is 25.3 Å². The van der Waals surface area contributed by atoms with E-state index in [1.807, 2.05) is 0 Å². The highest BCUT2D eigenvalue weighted by atomic mass is 32.2. The van der Waals surface area contributed by atoms with Gasteiger partial charge < -0.3 is 10.1 Å². The summed E-state index contributed by atoms with van der Waals surface area (Å²) in [7, 11) is -2.04. The van der Waals surface area contributed by atoms with Crippen LogP contribution in [0.1, 0.15) is 12.5 Å². The number of ether oxygens (including phenoxy) is 1. The minimum Gasteiger partial charge on any atom is -0.442 e. The molecule has 2 N–H and O–H groups in total. The summed E-state index contributed by atoms with van der Waals surface area (Å²) in [4.78, 5) is 24.4. The zero-order valence-electron chi connectivity index (χ0n) is 16.5. The fourth-order valence-corrected chi connectivity index (χ4v) is 3.85. The number of carbonyl (C=O) groups is 2. The average molecular weight is 435 g/mol. The van der Waals surface area contributed by atoms with Crippen molar-refractivity contribution in [3.63, 3.8) is 0 Å². The van der Waals surface area contributed by atoms with E-state index in [9.17, 15) is 22.4 Å². The summed E-state index contributed by atoms with van der Waals surface area (Å²) in [6.45, 7) is 1.76. The molecule has 1 saturated heterocycles. The molecular weight excluding hydrogens is 413 g/mol. The van der Waals surface area contributed by atoms with Gasteiger partial charge in [-0.3, -0.25) is 9.69 Å². The van der Waals surface area contributed by atoms with Gasteiger partial charge in [-0.25, -0.2) is 22.3 Å². The molecule has 2 aromatic carbocycles. The number of benzene rings is 2. The first kappa shape index (κ1) is 21.7. The van der Waals surface area contributed by atoms with Gasteiger partial charge in [-0.1, -0.05) is 24.3 Å². The molecule has 30 heavy (non-hydrogen) atoms. The molecule has 8 nitrogen and oxygen atoms in total. The summed E-state index contributed by atoms with van der Waals surface area (Å²) in [5.41, 5.74) is 1.83. The number of rotatable bonds is 7. The number of amides is 2. The van der Waals surface area contributed by atoms with Crippen molar-refractivity contribution in [2.75, 3.05) is 25.0 Å². The van der Waals surface area contributed by atoms with Crippen molar-refractivity contribution in [3.05, 3.63) is 53.8 Å². The molecule has 3 rings (SSSR count). The van der Waals surface area contributed by atoms with Crippen molar-refractivity contribution >= 4 is 27.7 Å². The smallest absolute Gasteiger partial charge is 0.414 e. The van der Waals surface area contributed by atoms with E-state index < -0.39 is 28.0 Å². The molecule has 2 aromatic rings. The Morgan fingerprint density at radius 1 is 1.23 bits per heavy atom. The van der Waals surface area contributed by atoms with Crippen LogP contribution >= 0.6 is 0 Å². The highest BCUT2D eigenvalue weighted by molar-refractivity contribution is 7.88. The van der Waals surface area contributed by atoms with Crippen LogP contribution in [0.4, 0.5) is 14.9 Å². The quantitative estimate of drug-likeness (QED) is 0.692. The SMILES string of the molecule is CNS(=O)(=O)Cc1ccc(-c2ccc(N3C[C@H](CNC(C)=O)OC3=O)cc2F)cc1. The van der Waals surface area contributed by atoms with Crippen LogP contribution in [0.2, 0.25) is 0 Å². The van der Waals surface area contributed by atoms with E-state index in [4.69, 9.17) is 4.74 Å². The normalized spacial score (nSPS) is 16.4. The minimum absolute atomic E-state index is 0.165. The monoisotopic (exact) mass is 435 g/mol. The molecule has 0 aromatic heterocycles. The van der Waals surface area contributed by atoms with Crippen molar-refractivity contribution in [1.82, 2.24) is 10.0 Å². The van der Waals surface area contributed by atoms with Crippen molar-refractivity contribution in [2.24, 2.45) is 0 Å². The van der Waals surface area contributed by atoms with E-state index in [2.05, 4.69) is 10.0 Å². The topological polar surface area (TPSA) is 105 Å². The number of cyclic esters (lactones) is 1. The van der Waals surface area contributed by atoms with Crippen LogP contribution in [-0.4, -0.2) is 46.7 Å². The third-order valence-corrected chi connectivity index (χ3v) is 5.99. The number of sulfonamides is 1. The van der Waals surface area contributed by atoms with Gasteiger partial charge >= 0.3 is 6.09 Å². The zero-order chi connectivity index (χ0) is 21.9. The number of nitrogens with one attached hydrogen (secondary N) is 2. The summed E-state index contributed by atoms with van der Waals surface area (Å²) < 4.78 is 45.5. The predicted molar refractivity (Wildman–Crippen MR) is 110 cm³/mol. The van der Waals surface area contributed by atoms with Crippen molar-refractivity contribution in [3.8, 4) is 11.1 Å². The van der Waals surface area contributed by atoms with E-state index in [0.29, 0.717) is 22.4 Å². The van der Waals surface area contributed by atoms with Gasteiger partial charge in [0.05, 0.1) is 24.5 Å². The van der Waals surface area contributed by atoms with Gasteiger partial charge in [-0.2, -0.15) is 0 Å². The van der Waals surface area contributed by atoms with Crippen molar-refractivity contribution in [2.45, 2.75) is 18.8 Å². The fraction of sp³-hybridized carbons (Fsp3) is 0.300. The summed E-state index contributed by atoms with van der Waals surface area (Å²) in [5, 5.41) is 2.59. The molecule has 0 unspecified atom stereocenters. The van der Waals surface area contributed by atoms with Gasteiger partial charge in [0.15, 0.2) is 0 Å². The predicted octanol–water partition coefficient (Wildman–Crippen LogP) is 2.00. The third kappa shape index (κ3) is 5.14. The highest BCUT2D eigenvalue weighted by Gasteiger charge is 2.32. The summed E-state index contributed by atoms with van der Waals surface area (Å²) in [6.07, 6.45) is -1.11. The Morgan fingerprint density at radius 2 is 1.93 bits per heavy atom. The molecule has 160 valence electrons. The molecule has 0 spiro atoms. The Hall–Kier alpha value is -2.98. The van der Waals surface area contributed by atoms with Gasteiger partial charge in [0.1, 0.15) is 11.9 Å². The second kappa shape index (κ2) is 8.80. The lowest BCUT2D eigenvalue weighted by Crippen LogP contribution is -2.33. The molecule has 0 radical (unpaired) electrons. The van der Waals surface area contributed by atoms with Gasteiger partial charge in [-0.15, -0.1) is 0 Å². The lowest BCUT2D eigenvalue weighted by atomic mass is 10.0. The number of halogens is 1. The van der Waals surface area contributed by atoms with E-state index in [-0.39, 0.29) is 24.7 Å². The van der Waals surface area contributed by atoms with Gasteiger partial charge in [0.25, 0.3) is 0 Å². The first-order valence-electron chi connectivity index (χ1n) is 9.21. The largest absolute Gasteiger partial charge is 0.442 e. The third-order valence-electron chi connectivity index (χ3n) is 4.65. The zero-order valence-corrected chi connectivity index (χ0v) is 17.3. The molecule has 2 amide bonds. The second-order valence-corrected chi connectivity index (χ2v) is 8.80. The number of nitrogens with zero attached hydrogens (tertiary/aromatic N) is 1. The molecule has 1 atom stereocenters. The maximum atomic E-state index is 14.8. The van der Waals surface area contributed by atoms with Crippen LogP contribution in [0, 0.1) is 5.82 Å². The molecule has 0 saturated carbocycles. The lowest BCUT2D eigenvalue weighted by Gasteiger charge is -2.14. The van der Waals surface area contributed by atoms with E-state index in [1.165, 1.54) is 24.9 Å². The van der Waals surface area contributed by atoms with Crippen molar-refractivity contribution in [1.29, 1.82) is 0 Å². The Bertz CT molecular complexity index is 1060. The molecule has 10 heteroatoms. The Kier molecular flexibility index (Phi) is 6.37. The second-order valence-electron chi connectivity index (χ2n) is 6.88. The Morgan fingerprint density at radius 3 is 2.53 bits per heavy atom. The maximum Gasteiger partial charge on any atom is 0.414 e. The summed E-state index contributed by atoms with van der Waals surface area (Å²) in [5.74, 6) is -0.919. The average Bonchev–Trinajstić information content (AvgIpc) is 3.07. The van der Waals surface area contributed by atoms with Crippen LogP contribution in [0.15, 0.2) is 42.5 Å². The van der Waals surface area contributed by atoms with Crippen LogP contribution in [0.5, 0.6) is 0 Å². The highest BCUT2D eigenvalue weighted by Crippen LogP contribution is 2.29. The van der Waals surface area contributed by atoms with Crippen LogP contribution in [0.25, 0.3) is 11.1 Å². The lowest BCUT2D eigenvalue weighted by molar-refractivity contribution is -0.119. The van der Waals surface area contributed by atoms with Gasteiger partial charge in [0.2, 0.25) is 15.9 Å². The molecule has 1 heterocycles. The van der Waals surface area contributed by atoms with E-state index in [0.717, 1.165) is 0 Å². The van der Waals surface area contributed by atoms with Gasteiger partial charge in [0, 0.05) is 12.5 Å². The molecule has 1 fully saturated rings. The fourth-order valence-electron chi connectivity index (χ4n) is 3.07. The maximum absolute atomic E-state index is 14.8. The summed E-state index contributed by atoms with van der Waals surface area (Å²) >= 11 is 0. The Balaban J connectivity index is 1.74. The molecule has 0 aliphatic carbocycles. The van der Waals surface area contributed by atoms with Gasteiger partial charge in [-0.05, 0) is 36.4 Å². The number of anilines is 1. The van der Waals surface area contributed by atoms with E-state index >= 15 is 0 Å². The van der Waals surface area contributed by atoms with Crippen molar-refractivity contribution < 1.29 is 27.1 Å². The van der Waals surface area contributed by atoms with Crippen LogP contribution in [0.3, 0.4) is 0 Å². The molecule has 1 aliphatic rings.